The Hall–Kier alpha value is -3.69. The van der Waals surface area contributed by atoms with Crippen molar-refractivity contribution in [2.75, 3.05) is 5.32 Å². The molecule has 1 atom stereocenters. The van der Waals surface area contributed by atoms with Crippen molar-refractivity contribution in [1.29, 1.82) is 0 Å². The average Bonchev–Trinajstić information content (AvgIpc) is 3.52. The van der Waals surface area contributed by atoms with Crippen LogP contribution in [0.2, 0.25) is 0 Å². The number of nitrogens with zero attached hydrogens (tertiary/aromatic N) is 7. The fourth-order valence-corrected chi connectivity index (χ4v) is 4.38. The summed E-state index contributed by atoms with van der Waals surface area (Å²) in [7, 11) is 1.89. The van der Waals surface area contributed by atoms with Crippen molar-refractivity contribution in [1.82, 2.24) is 39.4 Å². The van der Waals surface area contributed by atoms with Gasteiger partial charge in [0.2, 0.25) is 5.91 Å². The van der Waals surface area contributed by atoms with E-state index in [0.717, 1.165) is 47.0 Å². The molecule has 172 valence electrons. The van der Waals surface area contributed by atoms with Crippen molar-refractivity contribution >= 4 is 22.6 Å². The van der Waals surface area contributed by atoms with E-state index in [4.69, 9.17) is 4.98 Å². The number of imidazole rings is 1. The summed E-state index contributed by atoms with van der Waals surface area (Å²) in [5.41, 5.74) is 4.36. The molecule has 4 heterocycles. The zero-order valence-electron chi connectivity index (χ0n) is 19.2. The number of benzene rings is 1. The lowest BCUT2D eigenvalue weighted by molar-refractivity contribution is -0.121. The van der Waals surface area contributed by atoms with Gasteiger partial charge in [-0.1, -0.05) is 0 Å². The summed E-state index contributed by atoms with van der Waals surface area (Å²) >= 11 is 0. The Kier molecular flexibility index (Phi) is 5.57. The van der Waals surface area contributed by atoms with Crippen molar-refractivity contribution in [2.24, 2.45) is 7.05 Å². The number of hydrogen-bond acceptors (Lipinski definition) is 6. The normalized spacial score (nSPS) is 15.4. The van der Waals surface area contributed by atoms with E-state index in [-0.39, 0.29) is 12.5 Å². The molecule has 33 heavy (non-hydrogen) atoms. The number of aryl methyl sites for hydroxylation is 4. The summed E-state index contributed by atoms with van der Waals surface area (Å²) < 4.78 is 5.80. The van der Waals surface area contributed by atoms with Gasteiger partial charge in [-0.05, 0) is 44.9 Å². The summed E-state index contributed by atoms with van der Waals surface area (Å²) in [5.74, 6) is 2.34. The lowest BCUT2D eigenvalue weighted by atomic mass is 9.98. The lowest BCUT2D eigenvalue weighted by Crippen LogP contribution is -2.29. The molecule has 2 N–H and O–H groups in total. The van der Waals surface area contributed by atoms with Gasteiger partial charge >= 0.3 is 0 Å². The summed E-state index contributed by atoms with van der Waals surface area (Å²) in [4.78, 5) is 17.9. The maximum absolute atomic E-state index is 12.9. The second-order valence-corrected chi connectivity index (χ2v) is 8.68. The molecular formula is C23H29N9O. The Morgan fingerprint density at radius 1 is 1.27 bits per heavy atom. The molecule has 1 amide bonds. The van der Waals surface area contributed by atoms with Crippen LogP contribution < -0.4 is 10.6 Å². The van der Waals surface area contributed by atoms with Crippen LogP contribution in [0.1, 0.15) is 36.4 Å². The second-order valence-electron chi connectivity index (χ2n) is 8.68. The molecule has 10 nitrogen and oxygen atoms in total. The number of rotatable bonds is 7. The fourth-order valence-electron chi connectivity index (χ4n) is 4.38. The average molecular weight is 448 g/mol. The molecule has 0 saturated carbocycles. The molecule has 1 aliphatic rings. The number of anilines is 1. The minimum Gasteiger partial charge on any atom is -0.382 e. The van der Waals surface area contributed by atoms with Crippen LogP contribution in [0.5, 0.6) is 0 Å². The maximum Gasteiger partial charge on any atom is 0.240 e. The van der Waals surface area contributed by atoms with Crippen molar-refractivity contribution in [3.8, 4) is 0 Å². The fraction of sp³-hybridized carbons (Fsp3) is 0.435. The van der Waals surface area contributed by atoms with Crippen LogP contribution in [0.4, 0.5) is 5.69 Å². The molecule has 4 aromatic rings. The molecule has 0 radical (unpaired) electrons. The van der Waals surface area contributed by atoms with Gasteiger partial charge in [-0.3, -0.25) is 9.48 Å². The van der Waals surface area contributed by atoms with Gasteiger partial charge in [0.05, 0.1) is 17.6 Å². The quantitative estimate of drug-likeness (QED) is 0.449. The summed E-state index contributed by atoms with van der Waals surface area (Å²) in [6.45, 7) is 5.32. The topological polar surface area (TPSA) is 107 Å². The Bertz CT molecular complexity index is 1290. The van der Waals surface area contributed by atoms with Gasteiger partial charge < -0.3 is 19.8 Å². The molecule has 0 fully saturated rings. The summed E-state index contributed by atoms with van der Waals surface area (Å²) in [6.07, 6.45) is 6.45. The molecule has 1 aliphatic heterocycles. The van der Waals surface area contributed by atoms with Gasteiger partial charge in [0.15, 0.2) is 5.82 Å². The van der Waals surface area contributed by atoms with Gasteiger partial charge in [-0.25, -0.2) is 4.98 Å². The molecule has 0 bridgehead atoms. The number of carbonyl (C=O) groups excluding carboxylic acids is 1. The predicted molar refractivity (Wildman–Crippen MR) is 125 cm³/mol. The smallest absolute Gasteiger partial charge is 0.240 e. The third-order valence-electron chi connectivity index (χ3n) is 6.39. The van der Waals surface area contributed by atoms with E-state index in [1.54, 1.807) is 6.20 Å². The van der Waals surface area contributed by atoms with Crippen LogP contribution in [0.3, 0.4) is 0 Å². The zero-order chi connectivity index (χ0) is 22.9. The molecule has 0 spiro atoms. The van der Waals surface area contributed by atoms with Crippen LogP contribution in [-0.4, -0.2) is 46.0 Å². The molecule has 0 unspecified atom stereocenters. The molecule has 10 heteroatoms. The number of aromatic nitrogens is 7. The Labute approximate surface area is 192 Å². The van der Waals surface area contributed by atoms with E-state index >= 15 is 0 Å². The predicted octanol–water partition coefficient (Wildman–Crippen LogP) is 1.98. The van der Waals surface area contributed by atoms with Crippen molar-refractivity contribution < 1.29 is 4.79 Å². The van der Waals surface area contributed by atoms with Gasteiger partial charge in [0, 0.05) is 49.7 Å². The number of fused-ring (bicyclic) bond motifs is 3. The van der Waals surface area contributed by atoms with E-state index in [9.17, 15) is 4.79 Å². The number of nitrogens with one attached hydrogen (secondary N) is 2. The monoisotopic (exact) mass is 447 g/mol. The summed E-state index contributed by atoms with van der Waals surface area (Å²) in [6, 6.07) is 6.55. The van der Waals surface area contributed by atoms with Crippen LogP contribution in [0, 0.1) is 6.92 Å². The number of carbonyl (C=O) groups is 1. The van der Waals surface area contributed by atoms with Crippen LogP contribution in [0.25, 0.3) is 11.0 Å². The lowest BCUT2D eigenvalue weighted by Gasteiger charge is -2.24. The Morgan fingerprint density at radius 3 is 2.91 bits per heavy atom. The van der Waals surface area contributed by atoms with E-state index in [1.807, 2.05) is 40.1 Å². The first-order chi connectivity index (χ1) is 16.0. The first-order valence-corrected chi connectivity index (χ1v) is 11.4. The highest BCUT2D eigenvalue weighted by Gasteiger charge is 2.22. The minimum atomic E-state index is -0.0836. The first-order valence-electron chi connectivity index (χ1n) is 11.4. The van der Waals surface area contributed by atoms with Gasteiger partial charge in [-0.2, -0.15) is 5.10 Å². The van der Waals surface area contributed by atoms with Gasteiger partial charge in [0.25, 0.3) is 0 Å². The highest BCUT2D eigenvalue weighted by molar-refractivity contribution is 5.87. The van der Waals surface area contributed by atoms with Crippen molar-refractivity contribution in [2.45, 2.75) is 58.8 Å². The van der Waals surface area contributed by atoms with E-state index in [2.05, 4.69) is 45.0 Å². The van der Waals surface area contributed by atoms with E-state index in [1.165, 1.54) is 5.56 Å². The van der Waals surface area contributed by atoms with Gasteiger partial charge in [-0.15, -0.1) is 10.2 Å². The largest absolute Gasteiger partial charge is 0.382 e. The van der Waals surface area contributed by atoms with E-state index in [0.29, 0.717) is 25.6 Å². The Morgan fingerprint density at radius 2 is 2.15 bits per heavy atom. The summed E-state index contributed by atoms with van der Waals surface area (Å²) in [5, 5.41) is 19.0. The SMILES string of the molecule is Cc1nnc(CNC(=O)Cn2c(CCn3cccn3)nc3c4c(ccc32)N[C@@H](C)CC4)n1C. The first kappa shape index (κ1) is 21.2. The standard InChI is InChI=1S/C23H29N9O/c1-15-5-6-17-18(26-15)7-8-19-23(17)27-20(9-12-31-11-4-10-25-31)32(19)14-22(33)24-13-21-29-28-16(2)30(21)3/h4,7-8,10-11,15,26H,5-6,9,12-14H2,1-3H3,(H,24,33)/t15-/m0/s1. The zero-order valence-corrected chi connectivity index (χ0v) is 19.2. The minimum absolute atomic E-state index is 0.0836. The van der Waals surface area contributed by atoms with Gasteiger partial charge in [0.1, 0.15) is 18.2 Å². The molecular weight excluding hydrogens is 418 g/mol. The molecule has 3 aromatic heterocycles. The second kappa shape index (κ2) is 8.68. The third-order valence-corrected chi connectivity index (χ3v) is 6.39. The van der Waals surface area contributed by atoms with Crippen LogP contribution in [-0.2, 0) is 44.3 Å². The Balaban J connectivity index is 1.42. The van der Waals surface area contributed by atoms with E-state index < -0.39 is 0 Å². The molecule has 1 aromatic carbocycles. The molecule has 5 rings (SSSR count). The molecule has 0 aliphatic carbocycles. The molecule has 0 saturated heterocycles. The maximum atomic E-state index is 12.9. The van der Waals surface area contributed by atoms with Crippen molar-refractivity contribution in [3.63, 3.8) is 0 Å². The number of hydrogen-bond donors (Lipinski definition) is 2. The van der Waals surface area contributed by atoms with Crippen LogP contribution in [0.15, 0.2) is 30.6 Å². The third kappa shape index (κ3) is 4.20. The number of amides is 1. The highest BCUT2D eigenvalue weighted by atomic mass is 16.1. The van der Waals surface area contributed by atoms with Crippen LogP contribution >= 0.6 is 0 Å². The van der Waals surface area contributed by atoms with Crippen molar-refractivity contribution in [3.05, 3.63) is 53.6 Å². The highest BCUT2D eigenvalue weighted by Crippen LogP contribution is 2.32.